The van der Waals surface area contributed by atoms with E-state index in [1.807, 2.05) is 32.3 Å². The Labute approximate surface area is 90.0 Å². The Balaban J connectivity index is 2.58. The number of aromatic nitrogens is 2. The molecule has 2 heteroatoms. The Morgan fingerprint density at radius 2 is 1.80 bits per heavy atom. The van der Waals surface area contributed by atoms with Crippen LogP contribution in [0, 0.1) is 20.8 Å². The zero-order chi connectivity index (χ0) is 10.8. The van der Waals surface area contributed by atoms with Gasteiger partial charge in [-0.2, -0.15) is 0 Å². The fourth-order valence-electron chi connectivity index (χ4n) is 1.64. The van der Waals surface area contributed by atoms with E-state index >= 15 is 0 Å². The lowest BCUT2D eigenvalue weighted by molar-refractivity contribution is 1.16. The van der Waals surface area contributed by atoms with Crippen molar-refractivity contribution >= 4 is 0 Å². The van der Waals surface area contributed by atoms with Crippen molar-refractivity contribution in [3.63, 3.8) is 0 Å². The number of rotatable bonds is 1. The average molecular weight is 198 g/mol. The van der Waals surface area contributed by atoms with Gasteiger partial charge >= 0.3 is 0 Å². The normalized spacial score (nSPS) is 10.3. The smallest absolute Gasteiger partial charge is 0.0451 e. The molecule has 0 radical (unpaired) electrons. The van der Waals surface area contributed by atoms with Crippen LogP contribution < -0.4 is 0 Å². The molecule has 0 aliphatic carbocycles. The van der Waals surface area contributed by atoms with Crippen molar-refractivity contribution in [2.45, 2.75) is 20.8 Å². The molecule has 0 aliphatic heterocycles. The molecular weight excluding hydrogens is 184 g/mol. The number of nitrogens with zero attached hydrogens (tertiary/aromatic N) is 2. The van der Waals surface area contributed by atoms with Gasteiger partial charge in [0.05, 0.1) is 0 Å². The highest BCUT2D eigenvalue weighted by atomic mass is 14.7. The van der Waals surface area contributed by atoms with Gasteiger partial charge in [-0.1, -0.05) is 0 Å². The molecule has 2 aromatic heterocycles. The lowest BCUT2D eigenvalue weighted by atomic mass is 10.0. The maximum Gasteiger partial charge on any atom is 0.0451 e. The fourth-order valence-corrected chi connectivity index (χ4v) is 1.64. The summed E-state index contributed by atoms with van der Waals surface area (Å²) in [4.78, 5) is 8.56. The largest absolute Gasteiger partial charge is 0.262 e. The van der Waals surface area contributed by atoms with Gasteiger partial charge in [0, 0.05) is 29.3 Å². The van der Waals surface area contributed by atoms with E-state index in [0.717, 1.165) is 11.4 Å². The summed E-state index contributed by atoms with van der Waals surface area (Å²) < 4.78 is 0. The first-order valence-electron chi connectivity index (χ1n) is 5.03. The first-order valence-corrected chi connectivity index (χ1v) is 5.03. The van der Waals surface area contributed by atoms with Crippen LogP contribution in [-0.4, -0.2) is 9.97 Å². The minimum atomic E-state index is 1.04. The number of aryl methyl sites for hydroxylation is 3. The van der Waals surface area contributed by atoms with Gasteiger partial charge in [-0.05, 0) is 50.1 Å². The summed E-state index contributed by atoms with van der Waals surface area (Å²) in [6.45, 7) is 6.09. The van der Waals surface area contributed by atoms with E-state index in [2.05, 4.69) is 29.0 Å². The maximum absolute atomic E-state index is 4.36. The zero-order valence-corrected chi connectivity index (χ0v) is 9.28. The molecule has 0 bridgehead atoms. The molecule has 2 aromatic rings. The topological polar surface area (TPSA) is 25.8 Å². The van der Waals surface area contributed by atoms with Gasteiger partial charge in [0.1, 0.15) is 0 Å². The molecule has 0 aromatic carbocycles. The van der Waals surface area contributed by atoms with Crippen LogP contribution in [0.5, 0.6) is 0 Å². The Hall–Kier alpha value is -1.70. The molecular formula is C13H14N2. The second kappa shape index (κ2) is 3.81. The van der Waals surface area contributed by atoms with E-state index in [1.54, 1.807) is 0 Å². The van der Waals surface area contributed by atoms with Gasteiger partial charge in [-0.15, -0.1) is 0 Å². The lowest BCUT2D eigenvalue weighted by Gasteiger charge is -2.06. The van der Waals surface area contributed by atoms with Gasteiger partial charge in [0.25, 0.3) is 0 Å². The van der Waals surface area contributed by atoms with E-state index < -0.39 is 0 Å². The summed E-state index contributed by atoms with van der Waals surface area (Å²) >= 11 is 0. The number of hydrogen-bond acceptors (Lipinski definition) is 2. The van der Waals surface area contributed by atoms with Crippen molar-refractivity contribution in [2.75, 3.05) is 0 Å². The number of hydrogen-bond donors (Lipinski definition) is 0. The summed E-state index contributed by atoms with van der Waals surface area (Å²) in [6, 6.07) is 6.27. The van der Waals surface area contributed by atoms with Crippen LogP contribution in [0.4, 0.5) is 0 Å². The van der Waals surface area contributed by atoms with Crippen LogP contribution in [0.3, 0.4) is 0 Å². The quantitative estimate of drug-likeness (QED) is 0.703. The molecule has 0 unspecified atom stereocenters. The highest BCUT2D eigenvalue weighted by Gasteiger charge is 2.03. The third kappa shape index (κ3) is 2.04. The molecule has 2 heterocycles. The first-order chi connectivity index (χ1) is 7.16. The standard InChI is InChI=1S/C13H14N2/c1-9-6-13(11(3)15-8-9)12-4-5-14-10(2)7-12/h4-8H,1-3H3. The third-order valence-electron chi connectivity index (χ3n) is 2.43. The molecule has 0 aliphatic rings. The average Bonchev–Trinajstić information content (AvgIpc) is 2.22. The Morgan fingerprint density at radius 1 is 1.00 bits per heavy atom. The molecule has 0 fully saturated rings. The molecule has 76 valence electrons. The molecule has 0 saturated heterocycles. The molecule has 2 nitrogen and oxygen atoms in total. The molecule has 0 N–H and O–H groups in total. The zero-order valence-electron chi connectivity index (χ0n) is 9.28. The van der Waals surface area contributed by atoms with Crippen LogP contribution in [0.2, 0.25) is 0 Å². The van der Waals surface area contributed by atoms with Crippen LogP contribution in [0.25, 0.3) is 11.1 Å². The van der Waals surface area contributed by atoms with Crippen LogP contribution >= 0.6 is 0 Å². The van der Waals surface area contributed by atoms with Crippen molar-refractivity contribution in [3.8, 4) is 11.1 Å². The van der Waals surface area contributed by atoms with E-state index in [9.17, 15) is 0 Å². The van der Waals surface area contributed by atoms with Gasteiger partial charge < -0.3 is 0 Å². The molecule has 15 heavy (non-hydrogen) atoms. The van der Waals surface area contributed by atoms with Gasteiger partial charge in [-0.25, -0.2) is 0 Å². The van der Waals surface area contributed by atoms with E-state index in [0.29, 0.717) is 0 Å². The molecule has 0 saturated carbocycles. The Morgan fingerprint density at radius 3 is 2.53 bits per heavy atom. The first kappa shape index (κ1) is 9.84. The van der Waals surface area contributed by atoms with Crippen molar-refractivity contribution in [3.05, 3.63) is 47.5 Å². The summed E-state index contributed by atoms with van der Waals surface area (Å²) in [5, 5.41) is 0. The molecule has 2 rings (SSSR count). The van der Waals surface area contributed by atoms with Crippen LogP contribution in [0.15, 0.2) is 30.6 Å². The molecule has 0 amide bonds. The highest BCUT2D eigenvalue weighted by Crippen LogP contribution is 2.22. The van der Waals surface area contributed by atoms with E-state index in [1.165, 1.54) is 16.7 Å². The SMILES string of the molecule is Cc1cnc(C)c(-c2ccnc(C)c2)c1. The Kier molecular flexibility index (Phi) is 2.50. The maximum atomic E-state index is 4.36. The van der Waals surface area contributed by atoms with Crippen molar-refractivity contribution in [2.24, 2.45) is 0 Å². The predicted molar refractivity (Wildman–Crippen MR) is 61.7 cm³/mol. The summed E-state index contributed by atoms with van der Waals surface area (Å²) in [5.74, 6) is 0. The Bertz CT molecular complexity index is 490. The molecule has 0 atom stereocenters. The molecule has 0 spiro atoms. The highest BCUT2D eigenvalue weighted by molar-refractivity contribution is 5.66. The van der Waals surface area contributed by atoms with E-state index in [4.69, 9.17) is 0 Å². The fraction of sp³-hybridized carbons (Fsp3) is 0.231. The second-order valence-corrected chi connectivity index (χ2v) is 3.83. The summed E-state index contributed by atoms with van der Waals surface area (Å²) in [7, 11) is 0. The van der Waals surface area contributed by atoms with Gasteiger partial charge in [-0.3, -0.25) is 9.97 Å². The van der Waals surface area contributed by atoms with Crippen molar-refractivity contribution in [1.82, 2.24) is 9.97 Å². The van der Waals surface area contributed by atoms with Crippen molar-refractivity contribution < 1.29 is 0 Å². The third-order valence-corrected chi connectivity index (χ3v) is 2.43. The minimum Gasteiger partial charge on any atom is -0.262 e. The van der Waals surface area contributed by atoms with Crippen LogP contribution in [0.1, 0.15) is 17.0 Å². The number of pyridine rings is 2. The summed E-state index contributed by atoms with van der Waals surface area (Å²) in [6.07, 6.45) is 3.74. The van der Waals surface area contributed by atoms with Crippen LogP contribution in [-0.2, 0) is 0 Å². The van der Waals surface area contributed by atoms with Gasteiger partial charge in [0.15, 0.2) is 0 Å². The van der Waals surface area contributed by atoms with Gasteiger partial charge in [0.2, 0.25) is 0 Å². The van der Waals surface area contributed by atoms with Crippen molar-refractivity contribution in [1.29, 1.82) is 0 Å². The monoisotopic (exact) mass is 198 g/mol. The predicted octanol–water partition coefficient (Wildman–Crippen LogP) is 3.07. The lowest BCUT2D eigenvalue weighted by Crippen LogP contribution is -1.90. The van der Waals surface area contributed by atoms with E-state index in [-0.39, 0.29) is 0 Å². The second-order valence-electron chi connectivity index (χ2n) is 3.83. The minimum absolute atomic E-state index is 1.04. The summed E-state index contributed by atoms with van der Waals surface area (Å²) in [5.41, 5.74) is 5.67.